The fraction of sp³-hybridized carbons (Fsp3) is 0.500. The van der Waals surface area contributed by atoms with Gasteiger partial charge < -0.3 is 9.47 Å². The number of rotatable bonds is 6. The summed E-state index contributed by atoms with van der Waals surface area (Å²) in [5.41, 5.74) is 1.19. The Morgan fingerprint density at radius 2 is 1.96 bits per heavy atom. The highest BCUT2D eigenvalue weighted by Gasteiger charge is 2.26. The van der Waals surface area contributed by atoms with Gasteiger partial charge in [-0.25, -0.2) is 0 Å². The zero-order valence-electron chi connectivity index (χ0n) is 15.1. The summed E-state index contributed by atoms with van der Waals surface area (Å²) >= 11 is 1.45. The average molecular weight is 347 g/mol. The molecule has 0 unspecified atom stereocenters. The molecule has 1 heterocycles. The van der Waals surface area contributed by atoms with Crippen LogP contribution in [0.5, 0.6) is 0 Å². The molecule has 1 amide bonds. The fourth-order valence-corrected chi connectivity index (χ4v) is 3.31. The van der Waals surface area contributed by atoms with E-state index in [2.05, 4.69) is 43.1 Å². The summed E-state index contributed by atoms with van der Waals surface area (Å²) in [6, 6.07) is 10.1. The molecule has 6 heteroatoms. The molecule has 0 aliphatic heterocycles. The minimum Gasteiger partial charge on any atom is -0.337 e. The van der Waals surface area contributed by atoms with Crippen LogP contribution in [0, 0.1) is 5.41 Å². The number of amides is 1. The van der Waals surface area contributed by atoms with E-state index in [0.717, 1.165) is 10.7 Å². The van der Waals surface area contributed by atoms with Crippen LogP contribution in [0.1, 0.15) is 33.3 Å². The molecule has 0 aliphatic rings. The summed E-state index contributed by atoms with van der Waals surface area (Å²) in [5.74, 6) is 0.127. The molecule has 0 saturated carbocycles. The SMILES string of the molecule is C[C@@H](Sc1nncn1C)C(=O)N(Cc1ccccc1)CC(C)(C)C. The van der Waals surface area contributed by atoms with Gasteiger partial charge in [0.25, 0.3) is 0 Å². The molecule has 24 heavy (non-hydrogen) atoms. The van der Waals surface area contributed by atoms with E-state index in [4.69, 9.17) is 0 Å². The van der Waals surface area contributed by atoms with Gasteiger partial charge in [-0.3, -0.25) is 4.79 Å². The zero-order valence-corrected chi connectivity index (χ0v) is 15.9. The summed E-state index contributed by atoms with van der Waals surface area (Å²) in [6.07, 6.45) is 1.65. The second-order valence-corrected chi connectivity index (χ2v) is 8.53. The zero-order chi connectivity index (χ0) is 17.7. The molecule has 0 saturated heterocycles. The Bertz CT molecular complexity index is 663. The third kappa shape index (κ3) is 5.37. The van der Waals surface area contributed by atoms with Crippen LogP contribution in [0.2, 0.25) is 0 Å². The van der Waals surface area contributed by atoms with Gasteiger partial charge in [0, 0.05) is 20.1 Å². The molecular weight excluding hydrogens is 320 g/mol. The van der Waals surface area contributed by atoms with Crippen LogP contribution in [0.15, 0.2) is 41.8 Å². The smallest absolute Gasteiger partial charge is 0.236 e. The van der Waals surface area contributed by atoms with Crippen LogP contribution in [0.25, 0.3) is 0 Å². The summed E-state index contributed by atoms with van der Waals surface area (Å²) in [7, 11) is 1.89. The van der Waals surface area contributed by atoms with Crippen molar-refractivity contribution in [2.24, 2.45) is 12.5 Å². The summed E-state index contributed by atoms with van der Waals surface area (Å²) in [5, 5.41) is 8.48. The quantitative estimate of drug-likeness (QED) is 0.753. The molecule has 1 atom stereocenters. The van der Waals surface area contributed by atoms with E-state index in [1.807, 2.05) is 41.6 Å². The Balaban J connectivity index is 2.12. The topological polar surface area (TPSA) is 51.0 Å². The monoisotopic (exact) mass is 346 g/mol. The van der Waals surface area contributed by atoms with Crippen LogP contribution in [0.3, 0.4) is 0 Å². The average Bonchev–Trinajstić information content (AvgIpc) is 2.90. The fourth-order valence-electron chi connectivity index (χ4n) is 2.43. The van der Waals surface area contributed by atoms with Gasteiger partial charge in [-0.05, 0) is 17.9 Å². The van der Waals surface area contributed by atoms with Gasteiger partial charge in [0.1, 0.15) is 6.33 Å². The first-order chi connectivity index (χ1) is 11.3. The number of hydrogen-bond acceptors (Lipinski definition) is 4. The van der Waals surface area contributed by atoms with E-state index in [0.29, 0.717) is 13.1 Å². The summed E-state index contributed by atoms with van der Waals surface area (Å²) in [4.78, 5) is 15.0. The van der Waals surface area contributed by atoms with Gasteiger partial charge in [-0.15, -0.1) is 10.2 Å². The van der Waals surface area contributed by atoms with Crippen molar-refractivity contribution < 1.29 is 4.79 Å². The Labute approximate surface area is 148 Å². The molecule has 1 aromatic carbocycles. The number of nitrogens with zero attached hydrogens (tertiary/aromatic N) is 4. The molecule has 0 fully saturated rings. The summed E-state index contributed by atoms with van der Waals surface area (Å²) < 4.78 is 1.83. The molecule has 0 spiro atoms. The highest BCUT2D eigenvalue weighted by Crippen LogP contribution is 2.25. The van der Waals surface area contributed by atoms with E-state index in [1.165, 1.54) is 11.8 Å². The predicted molar refractivity (Wildman–Crippen MR) is 97.6 cm³/mol. The molecule has 0 N–H and O–H groups in total. The van der Waals surface area contributed by atoms with Crippen molar-refractivity contribution in [3.05, 3.63) is 42.2 Å². The normalized spacial score (nSPS) is 12.9. The number of benzene rings is 1. The first-order valence-corrected chi connectivity index (χ1v) is 8.97. The molecule has 0 radical (unpaired) electrons. The van der Waals surface area contributed by atoms with Crippen molar-refractivity contribution in [1.82, 2.24) is 19.7 Å². The van der Waals surface area contributed by atoms with E-state index >= 15 is 0 Å². The van der Waals surface area contributed by atoms with Crippen LogP contribution in [0.4, 0.5) is 0 Å². The van der Waals surface area contributed by atoms with E-state index in [-0.39, 0.29) is 16.6 Å². The Hall–Kier alpha value is -1.82. The van der Waals surface area contributed by atoms with Crippen molar-refractivity contribution in [3.63, 3.8) is 0 Å². The maximum atomic E-state index is 13.0. The Morgan fingerprint density at radius 1 is 1.29 bits per heavy atom. The van der Waals surface area contributed by atoms with Gasteiger partial charge in [0.2, 0.25) is 5.91 Å². The molecule has 130 valence electrons. The van der Waals surface area contributed by atoms with Crippen LogP contribution in [-0.4, -0.2) is 37.4 Å². The second-order valence-electron chi connectivity index (χ2n) is 7.23. The first-order valence-electron chi connectivity index (χ1n) is 8.09. The van der Waals surface area contributed by atoms with Crippen LogP contribution < -0.4 is 0 Å². The lowest BCUT2D eigenvalue weighted by molar-refractivity contribution is -0.132. The van der Waals surface area contributed by atoms with Crippen LogP contribution in [-0.2, 0) is 18.4 Å². The highest BCUT2D eigenvalue weighted by atomic mass is 32.2. The van der Waals surface area contributed by atoms with Gasteiger partial charge in [-0.2, -0.15) is 0 Å². The third-order valence-electron chi connectivity index (χ3n) is 3.49. The Morgan fingerprint density at radius 3 is 2.50 bits per heavy atom. The van der Waals surface area contributed by atoms with Gasteiger partial charge in [0.05, 0.1) is 5.25 Å². The minimum atomic E-state index is -0.209. The molecule has 1 aromatic heterocycles. The molecule has 0 aliphatic carbocycles. The molecular formula is C18H26N4OS. The standard InChI is InChI=1S/C18H26N4OS/c1-14(24-17-20-19-13-21(17)5)16(23)22(12-18(2,3)4)11-15-9-7-6-8-10-15/h6-10,13-14H,11-12H2,1-5H3/t14-/m1/s1. The molecule has 0 bridgehead atoms. The number of carbonyl (C=O) groups excluding carboxylic acids is 1. The van der Waals surface area contributed by atoms with Gasteiger partial charge in [0.15, 0.2) is 5.16 Å². The number of aromatic nitrogens is 3. The molecule has 5 nitrogen and oxygen atoms in total. The maximum absolute atomic E-state index is 13.0. The predicted octanol–water partition coefficient (Wildman–Crippen LogP) is 3.37. The number of hydrogen-bond donors (Lipinski definition) is 0. The maximum Gasteiger partial charge on any atom is 0.236 e. The van der Waals surface area contributed by atoms with E-state index in [9.17, 15) is 4.79 Å². The Kier molecular flexibility index (Phi) is 6.04. The molecule has 2 aromatic rings. The van der Waals surface area contributed by atoms with E-state index < -0.39 is 0 Å². The minimum absolute atomic E-state index is 0.0413. The lowest BCUT2D eigenvalue weighted by Crippen LogP contribution is -2.41. The van der Waals surface area contributed by atoms with Crippen LogP contribution >= 0.6 is 11.8 Å². The first kappa shape index (κ1) is 18.5. The molecule has 2 rings (SSSR count). The van der Waals surface area contributed by atoms with Gasteiger partial charge in [-0.1, -0.05) is 62.9 Å². The lowest BCUT2D eigenvalue weighted by Gasteiger charge is -2.32. The largest absolute Gasteiger partial charge is 0.337 e. The highest BCUT2D eigenvalue weighted by molar-refractivity contribution is 8.00. The van der Waals surface area contributed by atoms with Crippen molar-refractivity contribution in [2.45, 2.75) is 44.6 Å². The third-order valence-corrected chi connectivity index (χ3v) is 4.63. The van der Waals surface area contributed by atoms with Crippen molar-refractivity contribution in [1.29, 1.82) is 0 Å². The van der Waals surface area contributed by atoms with Crippen molar-refractivity contribution in [2.75, 3.05) is 6.54 Å². The second kappa shape index (κ2) is 7.83. The van der Waals surface area contributed by atoms with E-state index in [1.54, 1.807) is 6.33 Å². The number of aryl methyl sites for hydroxylation is 1. The van der Waals surface area contributed by atoms with Crippen molar-refractivity contribution >= 4 is 17.7 Å². The number of thioether (sulfide) groups is 1. The lowest BCUT2D eigenvalue weighted by atomic mass is 9.95. The van der Waals surface area contributed by atoms with Crippen molar-refractivity contribution in [3.8, 4) is 0 Å². The number of carbonyl (C=O) groups is 1. The van der Waals surface area contributed by atoms with Gasteiger partial charge >= 0.3 is 0 Å². The summed E-state index contributed by atoms with van der Waals surface area (Å²) in [6.45, 7) is 9.73.